The van der Waals surface area contributed by atoms with Gasteiger partial charge in [0.15, 0.2) is 0 Å². The second-order valence-corrected chi connectivity index (χ2v) is 7.73. The zero-order valence-electron chi connectivity index (χ0n) is 17.2. The summed E-state index contributed by atoms with van der Waals surface area (Å²) in [6.07, 6.45) is 1.44. The van der Waals surface area contributed by atoms with Crippen molar-refractivity contribution in [1.82, 2.24) is 10.7 Å². The van der Waals surface area contributed by atoms with Crippen LogP contribution in [0.3, 0.4) is 0 Å². The Morgan fingerprint density at radius 3 is 2.38 bits per heavy atom. The molecular weight excluding hydrogens is 474 g/mol. The van der Waals surface area contributed by atoms with E-state index in [1.54, 1.807) is 54.6 Å². The van der Waals surface area contributed by atoms with Crippen molar-refractivity contribution in [2.75, 3.05) is 6.54 Å². The third-order valence-corrected chi connectivity index (χ3v) is 4.77. The molecule has 0 heterocycles. The van der Waals surface area contributed by atoms with Gasteiger partial charge in [-0.25, -0.2) is 10.2 Å². The van der Waals surface area contributed by atoms with E-state index in [-0.39, 0.29) is 12.5 Å². The molecule has 0 aliphatic heterocycles. The minimum absolute atomic E-state index is 0.200. The summed E-state index contributed by atoms with van der Waals surface area (Å²) >= 11 is 3.32. The Hall–Kier alpha value is -3.78. The Morgan fingerprint density at radius 2 is 1.69 bits per heavy atom. The Kier molecular flexibility index (Phi) is 7.88. The van der Waals surface area contributed by atoms with Crippen LogP contribution in [0.5, 0.6) is 5.75 Å². The molecule has 3 aromatic carbocycles. The zero-order valence-corrected chi connectivity index (χ0v) is 18.8. The maximum Gasteiger partial charge on any atom is 0.343 e. The highest BCUT2D eigenvalue weighted by Crippen LogP contribution is 2.16. The highest BCUT2D eigenvalue weighted by atomic mass is 79.9. The molecule has 0 unspecified atom stereocenters. The van der Waals surface area contributed by atoms with Gasteiger partial charge < -0.3 is 10.1 Å². The average Bonchev–Trinajstić information content (AvgIpc) is 2.79. The molecule has 7 nitrogen and oxygen atoms in total. The van der Waals surface area contributed by atoms with Gasteiger partial charge >= 0.3 is 5.97 Å². The van der Waals surface area contributed by atoms with Crippen LogP contribution in [-0.4, -0.2) is 30.5 Å². The van der Waals surface area contributed by atoms with Crippen LogP contribution < -0.4 is 15.5 Å². The normalized spacial score (nSPS) is 10.6. The predicted octanol–water partition coefficient (Wildman–Crippen LogP) is 3.86. The molecule has 2 N–H and O–H groups in total. The van der Waals surface area contributed by atoms with Crippen LogP contribution in [0, 0.1) is 6.92 Å². The van der Waals surface area contributed by atoms with Crippen molar-refractivity contribution in [1.29, 1.82) is 0 Å². The molecule has 3 rings (SSSR count). The number of halogens is 1. The fraction of sp³-hybridized carbons (Fsp3) is 0.0833. The number of carbonyl (C=O) groups is 3. The van der Waals surface area contributed by atoms with E-state index in [4.69, 9.17) is 4.74 Å². The summed E-state index contributed by atoms with van der Waals surface area (Å²) in [5.41, 5.74) is 5.00. The topological polar surface area (TPSA) is 96.9 Å². The number of carbonyl (C=O) groups excluding carboxylic acids is 3. The lowest BCUT2D eigenvalue weighted by Gasteiger charge is -2.05. The molecule has 0 aliphatic carbocycles. The Bertz CT molecular complexity index is 1140. The van der Waals surface area contributed by atoms with Gasteiger partial charge in [0.05, 0.1) is 18.3 Å². The first-order valence-electron chi connectivity index (χ1n) is 9.65. The number of nitrogens with one attached hydrogen (secondary N) is 2. The second kappa shape index (κ2) is 11.0. The molecule has 2 amide bonds. The lowest BCUT2D eigenvalue weighted by molar-refractivity contribution is -0.120. The fourth-order valence-corrected chi connectivity index (χ4v) is 2.99. The molecule has 32 heavy (non-hydrogen) atoms. The van der Waals surface area contributed by atoms with Crippen LogP contribution in [0.25, 0.3) is 0 Å². The summed E-state index contributed by atoms with van der Waals surface area (Å²) in [4.78, 5) is 36.0. The SMILES string of the molecule is Cc1ccc(C(=O)NCC(=O)N/N=C/c2ccc(OC(=O)c3cccc(Br)c3)cc2)cc1. The van der Waals surface area contributed by atoms with Crippen molar-refractivity contribution < 1.29 is 19.1 Å². The minimum atomic E-state index is -0.465. The van der Waals surface area contributed by atoms with Gasteiger partial charge in [0.2, 0.25) is 0 Å². The molecule has 162 valence electrons. The van der Waals surface area contributed by atoms with E-state index >= 15 is 0 Å². The summed E-state index contributed by atoms with van der Waals surface area (Å²) in [5, 5.41) is 6.40. The average molecular weight is 494 g/mol. The highest BCUT2D eigenvalue weighted by Gasteiger charge is 2.09. The number of aryl methyl sites for hydroxylation is 1. The lowest BCUT2D eigenvalue weighted by atomic mass is 10.1. The molecule has 0 radical (unpaired) electrons. The molecule has 0 aromatic heterocycles. The van der Waals surface area contributed by atoms with Crippen molar-refractivity contribution in [2.24, 2.45) is 5.10 Å². The van der Waals surface area contributed by atoms with Crippen LogP contribution >= 0.6 is 15.9 Å². The second-order valence-electron chi connectivity index (χ2n) is 6.81. The van der Waals surface area contributed by atoms with Crippen molar-refractivity contribution >= 4 is 39.9 Å². The van der Waals surface area contributed by atoms with Crippen LogP contribution in [0.1, 0.15) is 31.8 Å². The Balaban J connectivity index is 1.45. The molecule has 8 heteroatoms. The number of rotatable bonds is 7. The summed E-state index contributed by atoms with van der Waals surface area (Å²) in [6.45, 7) is 1.73. The van der Waals surface area contributed by atoms with E-state index in [9.17, 15) is 14.4 Å². The van der Waals surface area contributed by atoms with Crippen molar-refractivity contribution in [2.45, 2.75) is 6.92 Å². The first kappa shape index (κ1) is 22.9. The lowest BCUT2D eigenvalue weighted by Crippen LogP contribution is -2.34. The standard InChI is InChI=1S/C24H20BrN3O4/c1-16-5-9-18(10-6-16)23(30)26-15-22(29)28-27-14-17-7-11-21(12-8-17)32-24(31)19-3-2-4-20(25)13-19/h2-14H,15H2,1H3,(H,26,30)(H,28,29)/b27-14+. The number of amides is 2. The number of ether oxygens (including phenoxy) is 1. The summed E-state index contributed by atoms with van der Waals surface area (Å²) in [7, 11) is 0. The first-order chi connectivity index (χ1) is 15.4. The predicted molar refractivity (Wildman–Crippen MR) is 125 cm³/mol. The van der Waals surface area contributed by atoms with Gasteiger partial charge in [0, 0.05) is 10.0 Å². The van der Waals surface area contributed by atoms with Crippen molar-refractivity contribution in [3.63, 3.8) is 0 Å². The van der Waals surface area contributed by atoms with Gasteiger partial charge in [-0.05, 0) is 67.1 Å². The van der Waals surface area contributed by atoms with Gasteiger partial charge in [-0.2, -0.15) is 5.10 Å². The van der Waals surface area contributed by atoms with Crippen molar-refractivity contribution in [3.05, 3.63) is 99.5 Å². The third-order valence-electron chi connectivity index (χ3n) is 4.28. The van der Waals surface area contributed by atoms with Crippen LogP contribution in [-0.2, 0) is 4.79 Å². The monoisotopic (exact) mass is 493 g/mol. The quantitative estimate of drug-likeness (QED) is 0.226. The smallest absolute Gasteiger partial charge is 0.343 e. The van der Waals surface area contributed by atoms with E-state index in [0.29, 0.717) is 22.4 Å². The Morgan fingerprint density at radius 1 is 0.969 bits per heavy atom. The summed E-state index contributed by atoms with van der Waals surface area (Å²) in [6, 6.07) is 20.6. The van der Waals surface area contributed by atoms with E-state index < -0.39 is 11.9 Å². The third kappa shape index (κ3) is 6.88. The maximum atomic E-state index is 12.2. The molecule has 3 aromatic rings. The number of hydrogen-bond acceptors (Lipinski definition) is 5. The van der Waals surface area contributed by atoms with E-state index in [1.165, 1.54) is 6.21 Å². The molecule has 0 fully saturated rings. The highest BCUT2D eigenvalue weighted by molar-refractivity contribution is 9.10. The van der Waals surface area contributed by atoms with Crippen LogP contribution in [0.2, 0.25) is 0 Å². The molecular formula is C24H20BrN3O4. The molecule has 0 spiro atoms. The molecule has 0 atom stereocenters. The van der Waals surface area contributed by atoms with Gasteiger partial charge in [-0.1, -0.05) is 39.7 Å². The minimum Gasteiger partial charge on any atom is -0.423 e. The molecule has 0 bridgehead atoms. The van der Waals surface area contributed by atoms with Gasteiger partial charge in [-0.15, -0.1) is 0 Å². The van der Waals surface area contributed by atoms with E-state index in [0.717, 1.165) is 10.0 Å². The first-order valence-corrected chi connectivity index (χ1v) is 10.4. The molecule has 0 aliphatic rings. The fourth-order valence-electron chi connectivity index (χ4n) is 2.59. The van der Waals surface area contributed by atoms with Crippen molar-refractivity contribution in [3.8, 4) is 5.75 Å². The number of nitrogens with zero attached hydrogens (tertiary/aromatic N) is 1. The Labute approximate surface area is 193 Å². The van der Waals surface area contributed by atoms with Crippen LogP contribution in [0.15, 0.2) is 82.4 Å². The van der Waals surface area contributed by atoms with Gasteiger partial charge in [-0.3, -0.25) is 9.59 Å². The summed E-state index contributed by atoms with van der Waals surface area (Å²) in [5.74, 6) is -0.874. The van der Waals surface area contributed by atoms with Gasteiger partial charge in [0.1, 0.15) is 5.75 Å². The molecule has 0 saturated carbocycles. The zero-order chi connectivity index (χ0) is 22.9. The molecule has 0 saturated heterocycles. The maximum absolute atomic E-state index is 12.2. The summed E-state index contributed by atoms with van der Waals surface area (Å²) < 4.78 is 6.12. The largest absolute Gasteiger partial charge is 0.423 e. The number of hydrogen-bond donors (Lipinski definition) is 2. The van der Waals surface area contributed by atoms with Crippen LogP contribution in [0.4, 0.5) is 0 Å². The van der Waals surface area contributed by atoms with Gasteiger partial charge in [0.25, 0.3) is 11.8 Å². The van der Waals surface area contributed by atoms with E-state index in [2.05, 4.69) is 31.8 Å². The van der Waals surface area contributed by atoms with E-state index in [1.807, 2.05) is 25.1 Å². The number of benzene rings is 3. The number of hydrazone groups is 1. The number of esters is 1.